The van der Waals surface area contributed by atoms with Crippen LogP contribution in [0.5, 0.6) is 11.5 Å². The molecule has 0 saturated carbocycles. The van der Waals surface area contributed by atoms with Crippen LogP contribution in [0.3, 0.4) is 0 Å². The number of benzene rings is 1. The highest BCUT2D eigenvalue weighted by atomic mass is 19.4. The summed E-state index contributed by atoms with van der Waals surface area (Å²) < 4.78 is 46.8. The van der Waals surface area contributed by atoms with Crippen LogP contribution in [0.2, 0.25) is 0 Å². The Bertz CT molecular complexity index is 634. The maximum Gasteiger partial charge on any atom is 0.405 e. The fourth-order valence-electron chi connectivity index (χ4n) is 2.46. The van der Waals surface area contributed by atoms with E-state index in [9.17, 15) is 22.8 Å². The predicted octanol–water partition coefficient (Wildman–Crippen LogP) is 1.74. The molecule has 1 aliphatic rings. The van der Waals surface area contributed by atoms with Gasteiger partial charge in [-0.1, -0.05) is 0 Å². The van der Waals surface area contributed by atoms with Crippen molar-refractivity contribution in [2.45, 2.75) is 12.6 Å². The van der Waals surface area contributed by atoms with Gasteiger partial charge in [0, 0.05) is 19.0 Å². The Hall–Kier alpha value is -2.45. The van der Waals surface area contributed by atoms with Crippen LogP contribution in [-0.2, 0) is 9.59 Å². The topological polar surface area (TPSA) is 67.9 Å². The van der Waals surface area contributed by atoms with Crippen LogP contribution in [0.4, 0.5) is 18.9 Å². The second-order valence-electron chi connectivity index (χ2n) is 5.28. The number of carbonyl (C=O) groups excluding carboxylic acids is 2. The third kappa shape index (κ3) is 4.09. The summed E-state index contributed by atoms with van der Waals surface area (Å²) in [5.74, 6) is -1.13. The smallest absolute Gasteiger partial charge is 0.405 e. The van der Waals surface area contributed by atoms with Crippen LogP contribution in [-0.4, -0.2) is 45.3 Å². The van der Waals surface area contributed by atoms with Crippen molar-refractivity contribution in [3.63, 3.8) is 0 Å². The number of ether oxygens (including phenoxy) is 2. The second kappa shape index (κ2) is 6.98. The molecule has 1 heterocycles. The second-order valence-corrected chi connectivity index (χ2v) is 5.28. The predicted molar refractivity (Wildman–Crippen MR) is 79.1 cm³/mol. The van der Waals surface area contributed by atoms with E-state index in [0.29, 0.717) is 17.2 Å². The molecule has 1 saturated heterocycles. The molecule has 6 nitrogen and oxygen atoms in total. The van der Waals surface area contributed by atoms with Gasteiger partial charge in [0.05, 0.1) is 25.8 Å². The minimum atomic E-state index is -4.49. The van der Waals surface area contributed by atoms with Crippen molar-refractivity contribution in [2.24, 2.45) is 5.92 Å². The minimum Gasteiger partial charge on any atom is -0.497 e. The molecule has 1 aromatic rings. The molecule has 1 N–H and O–H groups in total. The van der Waals surface area contributed by atoms with Gasteiger partial charge in [-0.05, 0) is 12.1 Å². The largest absolute Gasteiger partial charge is 0.497 e. The average Bonchev–Trinajstić information content (AvgIpc) is 2.93. The molecule has 1 atom stereocenters. The molecule has 1 fully saturated rings. The van der Waals surface area contributed by atoms with Crippen molar-refractivity contribution in [1.82, 2.24) is 5.32 Å². The van der Waals surface area contributed by atoms with Gasteiger partial charge >= 0.3 is 6.18 Å². The Morgan fingerprint density at radius 1 is 1.33 bits per heavy atom. The van der Waals surface area contributed by atoms with E-state index in [4.69, 9.17) is 9.47 Å². The highest BCUT2D eigenvalue weighted by Gasteiger charge is 2.38. The quantitative estimate of drug-likeness (QED) is 0.882. The molecule has 24 heavy (non-hydrogen) atoms. The van der Waals surface area contributed by atoms with Gasteiger partial charge in [-0.25, -0.2) is 0 Å². The Balaban J connectivity index is 2.14. The summed E-state index contributed by atoms with van der Waals surface area (Å²) in [6.07, 6.45) is -4.65. The van der Waals surface area contributed by atoms with Crippen LogP contribution in [0, 0.1) is 5.92 Å². The van der Waals surface area contributed by atoms with E-state index in [1.807, 2.05) is 5.32 Å². The summed E-state index contributed by atoms with van der Waals surface area (Å²) in [7, 11) is 2.89. The van der Waals surface area contributed by atoms with E-state index in [-0.39, 0.29) is 18.9 Å². The van der Waals surface area contributed by atoms with Gasteiger partial charge in [0.1, 0.15) is 18.0 Å². The SMILES string of the molecule is COc1ccc(OC)c(N2C[C@@H](C(=O)NCC(F)(F)F)CC2=O)c1. The Kier molecular flexibility index (Phi) is 5.20. The number of anilines is 1. The summed E-state index contributed by atoms with van der Waals surface area (Å²) >= 11 is 0. The molecule has 2 amide bonds. The van der Waals surface area contributed by atoms with E-state index in [1.54, 1.807) is 18.2 Å². The number of hydrogen-bond donors (Lipinski definition) is 1. The third-order valence-electron chi connectivity index (χ3n) is 3.64. The molecule has 1 aliphatic heterocycles. The highest BCUT2D eigenvalue weighted by molar-refractivity contribution is 6.01. The van der Waals surface area contributed by atoms with Gasteiger partial charge in [0.25, 0.3) is 0 Å². The molecule has 1 aromatic carbocycles. The molecule has 132 valence electrons. The standard InChI is InChI=1S/C15H17F3N2O4/c1-23-10-3-4-12(24-2)11(6-10)20-7-9(5-13(20)21)14(22)19-8-15(16,17)18/h3-4,6,9H,5,7-8H2,1-2H3,(H,19,22)/t9-/m0/s1. The van der Waals surface area contributed by atoms with Crippen molar-refractivity contribution >= 4 is 17.5 Å². The third-order valence-corrected chi connectivity index (χ3v) is 3.64. The first-order valence-corrected chi connectivity index (χ1v) is 7.12. The molecule has 0 bridgehead atoms. The van der Waals surface area contributed by atoms with E-state index in [2.05, 4.69) is 0 Å². The zero-order valence-corrected chi connectivity index (χ0v) is 13.1. The van der Waals surface area contributed by atoms with Crippen molar-refractivity contribution in [3.8, 4) is 11.5 Å². The molecular weight excluding hydrogens is 329 g/mol. The monoisotopic (exact) mass is 346 g/mol. The lowest BCUT2D eigenvalue weighted by Gasteiger charge is -2.20. The average molecular weight is 346 g/mol. The molecule has 9 heteroatoms. The summed E-state index contributed by atoms with van der Waals surface area (Å²) in [6.45, 7) is -1.44. The van der Waals surface area contributed by atoms with E-state index in [1.165, 1.54) is 19.1 Å². The number of methoxy groups -OCH3 is 2. The maximum absolute atomic E-state index is 12.2. The minimum absolute atomic E-state index is 0.0218. The Labute approximate surface area is 136 Å². The number of nitrogens with zero attached hydrogens (tertiary/aromatic N) is 1. The zero-order valence-electron chi connectivity index (χ0n) is 13.1. The lowest BCUT2D eigenvalue weighted by molar-refractivity contribution is -0.140. The molecule has 0 aliphatic carbocycles. The lowest BCUT2D eigenvalue weighted by atomic mass is 10.1. The molecule has 0 aromatic heterocycles. The first-order chi connectivity index (χ1) is 11.2. The lowest BCUT2D eigenvalue weighted by Crippen LogP contribution is -2.38. The fourth-order valence-corrected chi connectivity index (χ4v) is 2.46. The number of amides is 2. The van der Waals surface area contributed by atoms with Gasteiger partial charge in [0.2, 0.25) is 11.8 Å². The number of nitrogens with one attached hydrogen (secondary N) is 1. The number of halogens is 3. The Morgan fingerprint density at radius 2 is 2.04 bits per heavy atom. The molecule has 0 radical (unpaired) electrons. The summed E-state index contributed by atoms with van der Waals surface area (Å²) in [6, 6.07) is 4.83. The fraction of sp³-hybridized carbons (Fsp3) is 0.467. The maximum atomic E-state index is 12.2. The number of rotatable bonds is 5. The summed E-state index contributed by atoms with van der Waals surface area (Å²) in [4.78, 5) is 25.4. The normalized spacial score (nSPS) is 17.8. The van der Waals surface area contributed by atoms with Gasteiger partial charge in [0.15, 0.2) is 0 Å². The van der Waals surface area contributed by atoms with Crippen molar-refractivity contribution in [1.29, 1.82) is 0 Å². The van der Waals surface area contributed by atoms with Crippen LogP contribution in [0.15, 0.2) is 18.2 Å². The van der Waals surface area contributed by atoms with E-state index < -0.39 is 24.5 Å². The molecule has 2 rings (SSSR count). The van der Waals surface area contributed by atoms with Crippen LogP contribution >= 0.6 is 0 Å². The molecule has 0 spiro atoms. The van der Waals surface area contributed by atoms with E-state index >= 15 is 0 Å². The van der Waals surface area contributed by atoms with Crippen molar-refractivity contribution < 1.29 is 32.2 Å². The molecular formula is C15H17F3N2O4. The number of hydrogen-bond acceptors (Lipinski definition) is 4. The number of carbonyl (C=O) groups is 2. The van der Waals surface area contributed by atoms with Gasteiger partial charge in [-0.3, -0.25) is 9.59 Å². The van der Waals surface area contributed by atoms with Crippen molar-refractivity contribution in [2.75, 3.05) is 32.2 Å². The van der Waals surface area contributed by atoms with Gasteiger partial charge in [-0.15, -0.1) is 0 Å². The first-order valence-electron chi connectivity index (χ1n) is 7.12. The molecule has 0 unspecified atom stereocenters. The Morgan fingerprint density at radius 3 is 2.62 bits per heavy atom. The van der Waals surface area contributed by atoms with Gasteiger partial charge < -0.3 is 19.7 Å². The van der Waals surface area contributed by atoms with E-state index in [0.717, 1.165) is 0 Å². The first kappa shape index (κ1) is 17.9. The van der Waals surface area contributed by atoms with Gasteiger partial charge in [-0.2, -0.15) is 13.2 Å². The summed E-state index contributed by atoms with van der Waals surface area (Å²) in [5, 5.41) is 1.81. The van der Waals surface area contributed by atoms with Crippen LogP contribution in [0.25, 0.3) is 0 Å². The van der Waals surface area contributed by atoms with Crippen LogP contribution < -0.4 is 19.7 Å². The highest BCUT2D eigenvalue weighted by Crippen LogP contribution is 2.36. The number of alkyl halides is 3. The van der Waals surface area contributed by atoms with Crippen molar-refractivity contribution in [3.05, 3.63) is 18.2 Å². The van der Waals surface area contributed by atoms with Crippen LogP contribution in [0.1, 0.15) is 6.42 Å². The zero-order chi connectivity index (χ0) is 17.9. The summed E-state index contributed by atoms with van der Waals surface area (Å²) in [5.41, 5.74) is 0.410.